The summed E-state index contributed by atoms with van der Waals surface area (Å²) in [5.74, 6) is 0.708. The van der Waals surface area contributed by atoms with Crippen LogP contribution in [0.15, 0.2) is 24.5 Å². The van der Waals surface area contributed by atoms with Gasteiger partial charge in [0.25, 0.3) is 0 Å². The maximum Gasteiger partial charge on any atom is 0.0755 e. The molecule has 0 spiro atoms. The van der Waals surface area contributed by atoms with E-state index in [4.69, 9.17) is 4.74 Å². The van der Waals surface area contributed by atoms with Gasteiger partial charge in [-0.05, 0) is 49.4 Å². The van der Waals surface area contributed by atoms with Crippen LogP contribution in [-0.2, 0) is 11.2 Å². The Morgan fingerprint density at radius 3 is 2.55 bits per heavy atom. The molecule has 1 aromatic heterocycles. The van der Waals surface area contributed by atoms with Crippen molar-refractivity contribution < 1.29 is 4.74 Å². The van der Waals surface area contributed by atoms with Crippen LogP contribution in [0.2, 0.25) is 0 Å². The van der Waals surface area contributed by atoms with Crippen molar-refractivity contribution in [3.8, 4) is 0 Å². The van der Waals surface area contributed by atoms with Crippen molar-refractivity contribution >= 4 is 0 Å². The van der Waals surface area contributed by atoms with Gasteiger partial charge in [-0.2, -0.15) is 0 Å². The van der Waals surface area contributed by atoms with E-state index >= 15 is 0 Å². The molecule has 112 valence electrons. The summed E-state index contributed by atoms with van der Waals surface area (Å²) in [5, 5.41) is 3.63. The number of aromatic nitrogens is 1. The Hall–Kier alpha value is -0.930. The third kappa shape index (κ3) is 4.29. The Bertz CT molecular complexity index is 363. The maximum atomic E-state index is 5.90. The highest BCUT2D eigenvalue weighted by atomic mass is 16.5. The van der Waals surface area contributed by atoms with Crippen molar-refractivity contribution in [1.82, 2.24) is 10.3 Å². The summed E-state index contributed by atoms with van der Waals surface area (Å²) in [7, 11) is 1.87. The normalized spacial score (nSPS) is 19.7. The molecule has 1 N–H and O–H groups in total. The molecule has 2 rings (SSSR count). The van der Waals surface area contributed by atoms with E-state index in [0.717, 1.165) is 13.0 Å². The predicted octanol–water partition coefficient (Wildman–Crippen LogP) is 3.20. The molecule has 0 saturated heterocycles. The van der Waals surface area contributed by atoms with Gasteiger partial charge in [-0.3, -0.25) is 4.98 Å². The molecule has 1 heterocycles. The van der Waals surface area contributed by atoms with E-state index in [1.165, 1.54) is 37.7 Å². The third-order valence-corrected chi connectivity index (χ3v) is 4.45. The number of rotatable bonds is 7. The molecule has 1 saturated carbocycles. The first-order chi connectivity index (χ1) is 9.85. The van der Waals surface area contributed by atoms with Crippen molar-refractivity contribution in [2.45, 2.75) is 57.6 Å². The van der Waals surface area contributed by atoms with Crippen molar-refractivity contribution in [3.63, 3.8) is 0 Å². The second-order valence-corrected chi connectivity index (χ2v) is 5.82. The van der Waals surface area contributed by atoms with Crippen molar-refractivity contribution in [2.24, 2.45) is 5.92 Å². The lowest BCUT2D eigenvalue weighted by Crippen LogP contribution is -2.46. The highest BCUT2D eigenvalue weighted by molar-refractivity contribution is 5.12. The minimum Gasteiger partial charge on any atom is -0.380 e. The molecule has 1 aliphatic rings. The van der Waals surface area contributed by atoms with E-state index in [0.29, 0.717) is 18.1 Å². The molecule has 3 nitrogen and oxygen atoms in total. The largest absolute Gasteiger partial charge is 0.380 e. The van der Waals surface area contributed by atoms with Gasteiger partial charge in [-0.1, -0.05) is 26.2 Å². The monoisotopic (exact) mass is 276 g/mol. The predicted molar refractivity (Wildman–Crippen MR) is 82.8 cm³/mol. The summed E-state index contributed by atoms with van der Waals surface area (Å²) in [6.07, 6.45) is 11.8. The molecule has 2 unspecified atom stereocenters. The SMILES string of the molecule is CCNC(Cc1ccncc1)C(OC)C1CCCCC1. The highest BCUT2D eigenvalue weighted by Gasteiger charge is 2.30. The van der Waals surface area contributed by atoms with Gasteiger partial charge in [0, 0.05) is 25.5 Å². The van der Waals surface area contributed by atoms with Gasteiger partial charge in [-0.25, -0.2) is 0 Å². The Balaban J connectivity index is 2.04. The van der Waals surface area contributed by atoms with E-state index in [-0.39, 0.29) is 0 Å². The summed E-state index contributed by atoms with van der Waals surface area (Å²) in [4.78, 5) is 4.10. The number of hydrogen-bond acceptors (Lipinski definition) is 3. The van der Waals surface area contributed by atoms with E-state index in [2.05, 4.69) is 29.4 Å². The number of likely N-dealkylation sites (N-methyl/N-ethyl adjacent to an activating group) is 1. The first kappa shape index (κ1) is 15.5. The van der Waals surface area contributed by atoms with Crippen molar-refractivity contribution in [2.75, 3.05) is 13.7 Å². The number of hydrogen-bond donors (Lipinski definition) is 1. The zero-order chi connectivity index (χ0) is 14.2. The van der Waals surface area contributed by atoms with Gasteiger partial charge in [0.2, 0.25) is 0 Å². The number of pyridine rings is 1. The van der Waals surface area contributed by atoms with Crippen molar-refractivity contribution in [1.29, 1.82) is 0 Å². The van der Waals surface area contributed by atoms with Gasteiger partial charge in [0.1, 0.15) is 0 Å². The number of methoxy groups -OCH3 is 1. The van der Waals surface area contributed by atoms with Crippen LogP contribution in [0.5, 0.6) is 0 Å². The minimum atomic E-state index is 0.323. The molecular formula is C17H28N2O. The fourth-order valence-electron chi connectivity index (χ4n) is 3.49. The Labute approximate surface area is 123 Å². The molecule has 0 aliphatic heterocycles. The zero-order valence-corrected chi connectivity index (χ0v) is 12.8. The van der Waals surface area contributed by atoms with E-state index in [1.54, 1.807) is 0 Å². The van der Waals surface area contributed by atoms with Gasteiger partial charge >= 0.3 is 0 Å². The summed E-state index contributed by atoms with van der Waals surface area (Å²) in [6, 6.07) is 4.62. The lowest BCUT2D eigenvalue weighted by Gasteiger charge is -2.35. The highest BCUT2D eigenvalue weighted by Crippen LogP contribution is 2.30. The molecular weight excluding hydrogens is 248 g/mol. The van der Waals surface area contributed by atoms with Crippen LogP contribution in [-0.4, -0.2) is 30.8 Å². The molecule has 0 radical (unpaired) electrons. The first-order valence-electron chi connectivity index (χ1n) is 8.00. The van der Waals surface area contributed by atoms with Crippen LogP contribution < -0.4 is 5.32 Å². The fourth-order valence-corrected chi connectivity index (χ4v) is 3.49. The number of nitrogens with one attached hydrogen (secondary N) is 1. The topological polar surface area (TPSA) is 34.2 Å². The molecule has 1 aromatic rings. The molecule has 2 atom stereocenters. The molecule has 3 heteroatoms. The van der Waals surface area contributed by atoms with Gasteiger partial charge in [0.15, 0.2) is 0 Å². The average molecular weight is 276 g/mol. The molecule has 0 aromatic carbocycles. The number of nitrogens with zero attached hydrogens (tertiary/aromatic N) is 1. The van der Waals surface area contributed by atoms with Gasteiger partial charge in [-0.15, -0.1) is 0 Å². The fraction of sp³-hybridized carbons (Fsp3) is 0.706. The Kier molecular flexibility index (Phi) is 6.48. The summed E-state index contributed by atoms with van der Waals surface area (Å²) in [6.45, 7) is 3.16. The smallest absolute Gasteiger partial charge is 0.0755 e. The van der Waals surface area contributed by atoms with Crippen LogP contribution in [0.3, 0.4) is 0 Å². The van der Waals surface area contributed by atoms with Crippen LogP contribution in [0.1, 0.15) is 44.6 Å². The molecule has 0 bridgehead atoms. The molecule has 0 amide bonds. The van der Waals surface area contributed by atoms with E-state index in [1.807, 2.05) is 19.5 Å². The standard InChI is InChI=1S/C17H28N2O/c1-3-19-16(13-14-9-11-18-12-10-14)17(20-2)15-7-5-4-6-8-15/h9-12,15-17,19H,3-8,13H2,1-2H3. The van der Waals surface area contributed by atoms with Crippen molar-refractivity contribution in [3.05, 3.63) is 30.1 Å². The van der Waals surface area contributed by atoms with Crippen LogP contribution in [0.4, 0.5) is 0 Å². The Morgan fingerprint density at radius 1 is 1.25 bits per heavy atom. The van der Waals surface area contributed by atoms with Crippen LogP contribution in [0, 0.1) is 5.92 Å². The van der Waals surface area contributed by atoms with E-state index in [9.17, 15) is 0 Å². The zero-order valence-electron chi connectivity index (χ0n) is 12.8. The Morgan fingerprint density at radius 2 is 1.95 bits per heavy atom. The molecule has 1 aliphatic carbocycles. The van der Waals surface area contributed by atoms with Crippen LogP contribution in [0.25, 0.3) is 0 Å². The van der Waals surface area contributed by atoms with Gasteiger partial charge < -0.3 is 10.1 Å². The summed E-state index contributed by atoms with van der Waals surface area (Å²) in [5.41, 5.74) is 1.34. The summed E-state index contributed by atoms with van der Waals surface area (Å²) >= 11 is 0. The second kappa shape index (κ2) is 8.38. The minimum absolute atomic E-state index is 0.323. The number of ether oxygens (including phenoxy) is 1. The second-order valence-electron chi connectivity index (χ2n) is 5.82. The first-order valence-corrected chi connectivity index (χ1v) is 8.00. The quantitative estimate of drug-likeness (QED) is 0.830. The van der Waals surface area contributed by atoms with Crippen LogP contribution >= 0.6 is 0 Å². The molecule has 20 heavy (non-hydrogen) atoms. The lowest BCUT2D eigenvalue weighted by molar-refractivity contribution is 0.00868. The third-order valence-electron chi connectivity index (χ3n) is 4.45. The van der Waals surface area contributed by atoms with Gasteiger partial charge in [0.05, 0.1) is 6.10 Å². The average Bonchev–Trinajstić information content (AvgIpc) is 2.50. The molecule has 1 fully saturated rings. The maximum absolute atomic E-state index is 5.90. The summed E-state index contributed by atoms with van der Waals surface area (Å²) < 4.78 is 5.90. The lowest BCUT2D eigenvalue weighted by atomic mass is 9.81. The van der Waals surface area contributed by atoms with E-state index < -0.39 is 0 Å².